The zero-order valence-electron chi connectivity index (χ0n) is 18.4. The Morgan fingerprint density at radius 1 is 1.47 bits per heavy atom. The summed E-state index contributed by atoms with van der Waals surface area (Å²) in [4.78, 5) is 49.0. The van der Waals surface area contributed by atoms with Crippen LogP contribution in [0, 0.1) is 0 Å². The molecule has 0 aliphatic carbocycles. The number of hydrogen-bond acceptors (Lipinski definition) is 11. The van der Waals surface area contributed by atoms with Gasteiger partial charge in [-0.05, 0) is 6.07 Å². The molecule has 1 saturated heterocycles. The van der Waals surface area contributed by atoms with Crippen molar-refractivity contribution in [2.75, 3.05) is 18.3 Å². The molecule has 0 bridgehead atoms. The van der Waals surface area contributed by atoms with E-state index in [-0.39, 0.29) is 16.7 Å². The zero-order valence-corrected chi connectivity index (χ0v) is 21.7. The number of anilines is 1. The molecule has 0 radical (unpaired) electrons. The van der Waals surface area contributed by atoms with E-state index >= 15 is 0 Å². The number of amides is 2. The van der Waals surface area contributed by atoms with E-state index in [4.69, 9.17) is 5.73 Å². The van der Waals surface area contributed by atoms with Crippen LogP contribution in [0.5, 0.6) is 0 Å². The van der Waals surface area contributed by atoms with E-state index in [1.807, 2.05) is 36.1 Å². The first-order valence-corrected chi connectivity index (χ1v) is 13.3. The smallest absolute Gasteiger partial charge is 0.278 e. The monoisotopic (exact) mass is 566 g/mol. The van der Waals surface area contributed by atoms with E-state index in [2.05, 4.69) is 37.3 Å². The van der Waals surface area contributed by atoms with Crippen LogP contribution < -0.4 is 15.6 Å². The molecule has 5 heterocycles. The number of hydrogen-bond donors (Lipinski definition) is 3. The Morgan fingerprint density at radius 2 is 2.28 bits per heavy atom. The number of nitrogens with two attached hydrogens (primary N) is 1. The van der Waals surface area contributed by atoms with Crippen molar-refractivity contribution in [3.05, 3.63) is 40.9 Å². The summed E-state index contributed by atoms with van der Waals surface area (Å²) in [5.41, 5.74) is 6.04. The summed E-state index contributed by atoms with van der Waals surface area (Å²) in [6.45, 7) is -1.28. The number of thiol groups is 1. The molecule has 0 saturated carbocycles. The summed E-state index contributed by atoms with van der Waals surface area (Å²) >= 11 is 7.78. The lowest BCUT2D eigenvalue weighted by molar-refractivity contribution is -0.670. The van der Waals surface area contributed by atoms with Gasteiger partial charge in [0, 0.05) is 38.5 Å². The van der Waals surface area contributed by atoms with E-state index < -0.39 is 40.9 Å². The summed E-state index contributed by atoms with van der Waals surface area (Å²) in [5.74, 6) is -1.06. The van der Waals surface area contributed by atoms with Crippen LogP contribution in [-0.2, 0) is 26.3 Å². The van der Waals surface area contributed by atoms with Gasteiger partial charge in [-0.25, -0.2) is 8.96 Å². The van der Waals surface area contributed by atoms with Crippen molar-refractivity contribution in [2.45, 2.75) is 11.4 Å². The fraction of sp³-hybridized carbons (Fsp3) is 0.250. The third-order valence-electron chi connectivity index (χ3n) is 5.42. The van der Waals surface area contributed by atoms with Gasteiger partial charge in [-0.3, -0.25) is 19.3 Å². The van der Waals surface area contributed by atoms with Gasteiger partial charge in [0.25, 0.3) is 18.7 Å². The number of halogens is 1. The molecule has 2 amide bonds. The maximum atomic E-state index is 13.1. The lowest BCUT2D eigenvalue weighted by atomic mass is 10.0. The molecule has 2 atom stereocenters. The number of aromatic nitrogens is 3. The molecule has 3 N–H and O–H groups in total. The largest absolute Gasteiger partial charge is 0.374 e. The van der Waals surface area contributed by atoms with Gasteiger partial charge in [0.1, 0.15) is 24.2 Å². The summed E-state index contributed by atoms with van der Waals surface area (Å²) in [5, 5.41) is 6.01. The van der Waals surface area contributed by atoms with Gasteiger partial charge in [-0.15, -0.1) is 23.1 Å². The molecule has 16 heteroatoms. The number of nitrogen functional groups attached to an aromatic ring is 1. The molecular weight excluding hydrogens is 550 g/mol. The SMILES string of the molecule is C[n+]1ccc2sc(C3=C(C(=O)S)N4C(=O)[C@@H](NC(=O)/C(=N\OCF)c5nsc(N)n5)[C@H]4SC3)cc2c1. The van der Waals surface area contributed by atoms with E-state index in [1.54, 1.807) is 0 Å². The van der Waals surface area contributed by atoms with E-state index in [0.29, 0.717) is 11.3 Å². The van der Waals surface area contributed by atoms with Crippen molar-refractivity contribution in [2.24, 2.45) is 12.2 Å². The molecule has 0 spiro atoms. The van der Waals surface area contributed by atoms with E-state index in [0.717, 1.165) is 26.5 Å². The Balaban J connectivity index is 1.41. The molecule has 5 rings (SSSR count). The molecule has 1 fully saturated rings. The number of β-lactam (4-membered cyclic amide) rings is 1. The maximum Gasteiger partial charge on any atom is 0.278 e. The minimum atomic E-state index is -1.28. The first kappa shape index (κ1) is 24.6. The third kappa shape index (κ3) is 4.33. The number of rotatable bonds is 7. The summed E-state index contributed by atoms with van der Waals surface area (Å²) in [6.07, 6.45) is 3.92. The van der Waals surface area contributed by atoms with Crippen molar-refractivity contribution in [1.29, 1.82) is 0 Å². The van der Waals surface area contributed by atoms with Crippen LogP contribution in [0.3, 0.4) is 0 Å². The number of nitrogens with one attached hydrogen (secondary N) is 1. The number of oxime groups is 1. The molecule has 3 aromatic rings. The quantitative estimate of drug-likeness (QED) is 0.127. The summed E-state index contributed by atoms with van der Waals surface area (Å²) in [7, 11) is 1.92. The Hall–Kier alpha value is -3.08. The summed E-state index contributed by atoms with van der Waals surface area (Å²) < 4.78 is 19.4. The number of pyridine rings is 1. The number of aryl methyl sites for hydroxylation is 1. The fourth-order valence-electron chi connectivity index (χ4n) is 3.87. The number of fused-ring (bicyclic) bond motifs is 2. The Morgan fingerprint density at radius 3 is 2.97 bits per heavy atom. The molecule has 0 aromatic carbocycles. The molecule has 36 heavy (non-hydrogen) atoms. The average molecular weight is 567 g/mol. The lowest BCUT2D eigenvalue weighted by Crippen LogP contribution is -2.70. The standard InChI is InChI=1S/C20H16FN7O4S4/c1-27-3-2-10-8(5-27)4-11(35-10)9-6-34-18-13(17(30)28(18)14(9)19(31)33)23-16(29)12(25-32-7-21)15-24-20(22)36-26-15/h2-5,13,18H,6-7H2,1H3,(H3-,22,23,24,26,29,31,33)/p+1/b25-12-/t13-,18-/m1/s1. The first-order chi connectivity index (χ1) is 17.3. The Kier molecular flexibility index (Phi) is 6.67. The lowest BCUT2D eigenvalue weighted by Gasteiger charge is -2.49. The maximum absolute atomic E-state index is 13.1. The highest BCUT2D eigenvalue weighted by Gasteiger charge is 2.54. The van der Waals surface area contributed by atoms with Gasteiger partial charge in [-0.2, -0.15) is 9.36 Å². The van der Waals surface area contributed by atoms with Gasteiger partial charge >= 0.3 is 0 Å². The minimum Gasteiger partial charge on any atom is -0.374 e. The highest BCUT2D eigenvalue weighted by molar-refractivity contribution is 8.00. The van der Waals surface area contributed by atoms with Crippen LogP contribution in [-0.4, -0.2) is 60.9 Å². The van der Waals surface area contributed by atoms with Crippen LogP contribution in [0.4, 0.5) is 9.52 Å². The number of carbonyl (C=O) groups is 3. The van der Waals surface area contributed by atoms with Crippen LogP contribution in [0.1, 0.15) is 10.7 Å². The van der Waals surface area contributed by atoms with E-state index in [9.17, 15) is 18.8 Å². The minimum absolute atomic E-state index is 0.0732. The second-order valence-electron chi connectivity index (χ2n) is 7.67. The second-order valence-corrected chi connectivity index (χ2v) is 11.0. The van der Waals surface area contributed by atoms with Crippen molar-refractivity contribution < 1.29 is 28.2 Å². The van der Waals surface area contributed by atoms with Crippen LogP contribution in [0.2, 0.25) is 0 Å². The molecule has 2 aliphatic rings. The predicted octanol–water partition coefficient (Wildman–Crippen LogP) is 1.07. The summed E-state index contributed by atoms with van der Waals surface area (Å²) in [6, 6.07) is 3.01. The van der Waals surface area contributed by atoms with Gasteiger partial charge < -0.3 is 15.9 Å². The molecule has 186 valence electrons. The molecule has 2 aliphatic heterocycles. The Bertz CT molecular complexity index is 1470. The number of thioether (sulfide) groups is 1. The Labute approximate surface area is 220 Å². The molecule has 0 unspecified atom stereocenters. The third-order valence-corrected chi connectivity index (χ3v) is 8.63. The van der Waals surface area contributed by atoms with Crippen molar-refractivity contribution in [3.8, 4) is 0 Å². The number of thiophene rings is 1. The fourth-order valence-corrected chi connectivity index (χ4v) is 7.08. The van der Waals surface area contributed by atoms with Gasteiger partial charge in [0.05, 0.1) is 5.39 Å². The van der Waals surface area contributed by atoms with Crippen LogP contribution >= 0.6 is 47.3 Å². The number of carbonyl (C=O) groups excluding carboxylic acids is 3. The second kappa shape index (κ2) is 9.76. The highest BCUT2D eigenvalue weighted by atomic mass is 32.2. The average Bonchev–Trinajstić information content (AvgIpc) is 3.47. The number of alkyl halides is 1. The molecule has 11 nitrogen and oxygen atoms in total. The first-order valence-electron chi connectivity index (χ1n) is 10.2. The topological polar surface area (TPSA) is 144 Å². The van der Waals surface area contributed by atoms with Crippen molar-refractivity contribution >= 4 is 90.7 Å². The van der Waals surface area contributed by atoms with Crippen LogP contribution in [0.25, 0.3) is 15.7 Å². The van der Waals surface area contributed by atoms with Crippen molar-refractivity contribution in [3.63, 3.8) is 0 Å². The molecule has 3 aromatic heterocycles. The van der Waals surface area contributed by atoms with Gasteiger partial charge in [-0.1, -0.05) is 17.8 Å². The number of nitrogens with zero attached hydrogens (tertiary/aromatic N) is 5. The van der Waals surface area contributed by atoms with Crippen LogP contribution in [0.15, 0.2) is 35.4 Å². The van der Waals surface area contributed by atoms with Gasteiger partial charge in [0.2, 0.25) is 16.7 Å². The highest BCUT2D eigenvalue weighted by Crippen LogP contribution is 2.45. The van der Waals surface area contributed by atoms with Gasteiger partial charge in [0.15, 0.2) is 17.5 Å². The normalized spacial score (nSPS) is 19.8. The predicted molar refractivity (Wildman–Crippen MR) is 137 cm³/mol. The van der Waals surface area contributed by atoms with E-state index in [1.165, 1.54) is 28.0 Å². The molecular formula is C20H17FN7O4S4+. The zero-order chi connectivity index (χ0) is 25.6. The van der Waals surface area contributed by atoms with Crippen molar-refractivity contribution in [1.82, 2.24) is 19.6 Å².